The summed E-state index contributed by atoms with van der Waals surface area (Å²) < 4.78 is 0. The van der Waals surface area contributed by atoms with Crippen molar-refractivity contribution < 1.29 is 0 Å². The van der Waals surface area contributed by atoms with E-state index in [9.17, 15) is 0 Å². The van der Waals surface area contributed by atoms with E-state index in [1.807, 2.05) is 12.4 Å². The van der Waals surface area contributed by atoms with Gasteiger partial charge in [-0.1, -0.05) is 0 Å². The van der Waals surface area contributed by atoms with Crippen LogP contribution in [0, 0.1) is 0 Å². The second-order valence-corrected chi connectivity index (χ2v) is 6.27. The van der Waals surface area contributed by atoms with Crippen molar-refractivity contribution in [3.05, 3.63) is 18.0 Å². The van der Waals surface area contributed by atoms with E-state index >= 15 is 0 Å². The molecule has 3 heterocycles. The number of piperazine rings is 2. The maximum atomic E-state index is 4.57. The molecule has 2 saturated heterocycles. The molecule has 1 aromatic rings. The van der Waals surface area contributed by atoms with Crippen LogP contribution in [0.4, 0.5) is 5.95 Å². The molecule has 0 aromatic carbocycles. The first-order valence-electron chi connectivity index (χ1n) is 7.91. The van der Waals surface area contributed by atoms with Gasteiger partial charge in [-0.25, -0.2) is 9.97 Å². The lowest BCUT2D eigenvalue weighted by Gasteiger charge is -2.33. The van der Waals surface area contributed by atoms with Gasteiger partial charge in [0.15, 0.2) is 0 Å². The Kier molecular flexibility index (Phi) is 6.37. The first-order valence-corrected chi connectivity index (χ1v) is 7.91. The molecular weight excluding hydrogens is 300 g/mol. The van der Waals surface area contributed by atoms with Crippen molar-refractivity contribution in [2.45, 2.75) is 19.5 Å². The van der Waals surface area contributed by atoms with E-state index < -0.39 is 0 Å². The third-order valence-electron chi connectivity index (χ3n) is 4.34. The number of hydrogen-bond acceptors (Lipinski definition) is 6. The molecule has 7 heteroatoms. The van der Waals surface area contributed by atoms with Crippen molar-refractivity contribution in [1.29, 1.82) is 0 Å². The molecule has 22 heavy (non-hydrogen) atoms. The van der Waals surface area contributed by atoms with Crippen LogP contribution in [0.15, 0.2) is 12.4 Å². The third kappa shape index (κ3) is 4.52. The predicted octanol–water partition coefficient (Wildman–Crippen LogP) is 0.444. The predicted molar refractivity (Wildman–Crippen MR) is 91.7 cm³/mol. The maximum absolute atomic E-state index is 4.57. The Morgan fingerprint density at radius 3 is 2.45 bits per heavy atom. The van der Waals surface area contributed by atoms with Gasteiger partial charge in [0.1, 0.15) is 0 Å². The minimum absolute atomic E-state index is 0. The Labute approximate surface area is 139 Å². The zero-order chi connectivity index (χ0) is 14.7. The number of hydrogen-bond donors (Lipinski definition) is 1. The first kappa shape index (κ1) is 17.4. The molecule has 124 valence electrons. The van der Waals surface area contributed by atoms with Crippen molar-refractivity contribution in [2.75, 3.05) is 57.8 Å². The van der Waals surface area contributed by atoms with E-state index in [2.05, 4.69) is 44.0 Å². The second-order valence-electron chi connectivity index (χ2n) is 6.27. The highest BCUT2D eigenvalue weighted by Crippen LogP contribution is 2.12. The molecule has 2 aliphatic rings. The molecule has 6 nitrogen and oxygen atoms in total. The van der Waals surface area contributed by atoms with Crippen LogP contribution in [-0.2, 0) is 6.54 Å². The van der Waals surface area contributed by atoms with Crippen LogP contribution < -0.4 is 10.2 Å². The van der Waals surface area contributed by atoms with Crippen LogP contribution in [-0.4, -0.2) is 78.7 Å². The SMILES string of the molecule is CC1CN(Cc2cnc(N3CCN(C)CC3)nc2)CCN1.Cl. The second kappa shape index (κ2) is 8.06. The highest BCUT2D eigenvalue weighted by Gasteiger charge is 2.18. The standard InChI is InChI=1S/C15H26N6.ClH/c1-13-11-20(4-3-16-13)12-14-9-17-15(18-10-14)21-7-5-19(2)6-8-21;/h9-10,13,16H,3-8,11-12H2,1-2H3;1H. The summed E-state index contributed by atoms with van der Waals surface area (Å²) in [6.07, 6.45) is 3.99. The van der Waals surface area contributed by atoms with Crippen LogP contribution in [0.1, 0.15) is 12.5 Å². The summed E-state index contributed by atoms with van der Waals surface area (Å²) in [6.45, 7) is 10.7. The van der Waals surface area contributed by atoms with Crippen molar-refractivity contribution >= 4 is 18.4 Å². The Balaban J connectivity index is 0.00000176. The van der Waals surface area contributed by atoms with Gasteiger partial charge < -0.3 is 15.1 Å². The van der Waals surface area contributed by atoms with Gasteiger partial charge in [-0.3, -0.25) is 4.90 Å². The summed E-state index contributed by atoms with van der Waals surface area (Å²) >= 11 is 0. The zero-order valence-corrected chi connectivity index (χ0v) is 14.3. The molecule has 3 rings (SSSR count). The van der Waals surface area contributed by atoms with Crippen molar-refractivity contribution in [1.82, 2.24) is 25.1 Å². The number of nitrogens with zero attached hydrogens (tertiary/aromatic N) is 5. The highest BCUT2D eigenvalue weighted by atomic mass is 35.5. The number of nitrogens with one attached hydrogen (secondary N) is 1. The van der Waals surface area contributed by atoms with Crippen LogP contribution in [0.3, 0.4) is 0 Å². The number of rotatable bonds is 3. The van der Waals surface area contributed by atoms with Crippen LogP contribution >= 0.6 is 12.4 Å². The normalized spacial score (nSPS) is 24.1. The fourth-order valence-electron chi connectivity index (χ4n) is 3.01. The summed E-state index contributed by atoms with van der Waals surface area (Å²) in [4.78, 5) is 16.2. The third-order valence-corrected chi connectivity index (χ3v) is 4.34. The number of aromatic nitrogens is 2. The lowest BCUT2D eigenvalue weighted by Crippen LogP contribution is -2.48. The fraction of sp³-hybridized carbons (Fsp3) is 0.733. The van der Waals surface area contributed by atoms with Gasteiger partial charge >= 0.3 is 0 Å². The molecule has 0 saturated carbocycles. The summed E-state index contributed by atoms with van der Waals surface area (Å²) in [5, 5.41) is 3.47. The van der Waals surface area contributed by atoms with E-state index in [0.717, 1.165) is 58.3 Å². The highest BCUT2D eigenvalue weighted by molar-refractivity contribution is 5.85. The van der Waals surface area contributed by atoms with Gasteiger partial charge in [0.25, 0.3) is 0 Å². The largest absolute Gasteiger partial charge is 0.338 e. The van der Waals surface area contributed by atoms with E-state index in [0.29, 0.717) is 6.04 Å². The molecule has 1 atom stereocenters. The quantitative estimate of drug-likeness (QED) is 0.870. The van der Waals surface area contributed by atoms with Crippen molar-refractivity contribution in [2.24, 2.45) is 0 Å². The Morgan fingerprint density at radius 2 is 1.82 bits per heavy atom. The number of likely N-dealkylation sites (N-methyl/N-ethyl adjacent to an activating group) is 1. The Morgan fingerprint density at radius 1 is 1.14 bits per heavy atom. The molecule has 0 radical (unpaired) electrons. The van der Waals surface area contributed by atoms with E-state index in [-0.39, 0.29) is 12.4 Å². The molecular formula is C15H27ClN6. The summed E-state index contributed by atoms with van der Waals surface area (Å²) in [7, 11) is 2.16. The summed E-state index contributed by atoms with van der Waals surface area (Å²) in [6, 6.07) is 0.573. The monoisotopic (exact) mass is 326 g/mol. The van der Waals surface area contributed by atoms with Crippen LogP contribution in [0.2, 0.25) is 0 Å². The Bertz CT molecular complexity index is 446. The van der Waals surface area contributed by atoms with Crippen molar-refractivity contribution in [3.8, 4) is 0 Å². The van der Waals surface area contributed by atoms with Crippen molar-refractivity contribution in [3.63, 3.8) is 0 Å². The number of halogens is 1. The smallest absolute Gasteiger partial charge is 0.225 e. The molecule has 1 unspecified atom stereocenters. The van der Waals surface area contributed by atoms with Gasteiger partial charge in [0.05, 0.1) is 0 Å². The van der Waals surface area contributed by atoms with Gasteiger partial charge in [-0.15, -0.1) is 12.4 Å². The van der Waals surface area contributed by atoms with Gasteiger partial charge in [0.2, 0.25) is 5.95 Å². The van der Waals surface area contributed by atoms with Gasteiger partial charge in [-0.2, -0.15) is 0 Å². The minimum Gasteiger partial charge on any atom is -0.338 e. The molecule has 0 bridgehead atoms. The Hall–Kier alpha value is -0.950. The molecule has 0 aliphatic carbocycles. The fourth-order valence-corrected chi connectivity index (χ4v) is 3.01. The van der Waals surface area contributed by atoms with Gasteiger partial charge in [-0.05, 0) is 14.0 Å². The summed E-state index contributed by atoms with van der Waals surface area (Å²) in [5.41, 5.74) is 1.21. The van der Waals surface area contributed by atoms with E-state index in [4.69, 9.17) is 0 Å². The van der Waals surface area contributed by atoms with E-state index in [1.54, 1.807) is 0 Å². The zero-order valence-electron chi connectivity index (χ0n) is 13.5. The molecule has 2 aliphatic heterocycles. The van der Waals surface area contributed by atoms with E-state index in [1.165, 1.54) is 5.56 Å². The lowest BCUT2D eigenvalue weighted by atomic mass is 10.2. The minimum atomic E-state index is 0. The average molecular weight is 327 g/mol. The molecule has 0 amide bonds. The molecule has 0 spiro atoms. The number of anilines is 1. The molecule has 2 fully saturated rings. The molecule has 1 aromatic heterocycles. The van der Waals surface area contributed by atoms with Crippen LogP contribution in [0.25, 0.3) is 0 Å². The maximum Gasteiger partial charge on any atom is 0.225 e. The average Bonchev–Trinajstić information content (AvgIpc) is 2.49. The summed E-state index contributed by atoms with van der Waals surface area (Å²) in [5.74, 6) is 0.875. The topological polar surface area (TPSA) is 47.5 Å². The lowest BCUT2D eigenvalue weighted by molar-refractivity contribution is 0.199. The van der Waals surface area contributed by atoms with Crippen LogP contribution in [0.5, 0.6) is 0 Å². The first-order chi connectivity index (χ1) is 10.2. The molecule has 1 N–H and O–H groups in total. The van der Waals surface area contributed by atoms with Gasteiger partial charge in [0, 0.05) is 76.4 Å².